The Balaban J connectivity index is 2.33. The van der Waals surface area contributed by atoms with Gasteiger partial charge in [0.1, 0.15) is 0 Å². The second kappa shape index (κ2) is 2.73. The van der Waals surface area contributed by atoms with Gasteiger partial charge in [-0.1, -0.05) is 6.07 Å². The van der Waals surface area contributed by atoms with Crippen LogP contribution in [0.3, 0.4) is 0 Å². The third kappa shape index (κ3) is 0.956. The van der Waals surface area contributed by atoms with Gasteiger partial charge < -0.3 is 9.38 Å². The molecule has 0 saturated heterocycles. The number of rotatable bonds is 1. The summed E-state index contributed by atoms with van der Waals surface area (Å²) in [6.07, 6.45) is 7.69. The van der Waals surface area contributed by atoms with Gasteiger partial charge in [0.15, 0.2) is 0 Å². The summed E-state index contributed by atoms with van der Waals surface area (Å²) in [7, 11) is 0. The first-order valence-corrected chi connectivity index (χ1v) is 4.50. The summed E-state index contributed by atoms with van der Waals surface area (Å²) in [6, 6.07) is 8.10. The number of nitrogens with one attached hydrogen (secondary N) is 1. The number of aromatic amines is 1. The van der Waals surface area contributed by atoms with Crippen LogP contribution in [0.2, 0.25) is 0 Å². The van der Waals surface area contributed by atoms with Crippen LogP contribution in [0.15, 0.2) is 49.2 Å². The Morgan fingerprint density at radius 1 is 1.21 bits per heavy atom. The molecule has 0 spiro atoms. The van der Waals surface area contributed by atoms with E-state index in [4.69, 9.17) is 0 Å². The zero-order valence-corrected chi connectivity index (χ0v) is 7.51. The van der Waals surface area contributed by atoms with Crippen molar-refractivity contribution in [2.45, 2.75) is 0 Å². The van der Waals surface area contributed by atoms with E-state index in [0.29, 0.717) is 0 Å². The highest BCUT2D eigenvalue weighted by molar-refractivity contribution is 5.76. The average Bonchev–Trinajstić information content (AvgIpc) is 2.85. The molecule has 3 heterocycles. The maximum absolute atomic E-state index is 4.38. The van der Waals surface area contributed by atoms with E-state index in [2.05, 4.69) is 16.0 Å². The molecule has 0 radical (unpaired) electrons. The lowest BCUT2D eigenvalue weighted by Crippen LogP contribution is -1.79. The minimum atomic E-state index is 1.02. The summed E-state index contributed by atoms with van der Waals surface area (Å²) >= 11 is 0. The van der Waals surface area contributed by atoms with Gasteiger partial charge in [0.2, 0.25) is 0 Å². The molecule has 0 saturated carbocycles. The van der Waals surface area contributed by atoms with Crippen LogP contribution in [0.5, 0.6) is 0 Å². The molecule has 3 rings (SSSR count). The highest BCUT2D eigenvalue weighted by Crippen LogP contribution is 2.21. The van der Waals surface area contributed by atoms with Crippen molar-refractivity contribution in [3.63, 3.8) is 0 Å². The molecule has 0 aliphatic rings. The normalized spacial score (nSPS) is 10.9. The lowest BCUT2D eigenvalue weighted by Gasteiger charge is -1.94. The Morgan fingerprint density at radius 2 is 2.21 bits per heavy atom. The van der Waals surface area contributed by atoms with Gasteiger partial charge in [0, 0.05) is 24.2 Å². The van der Waals surface area contributed by atoms with Crippen molar-refractivity contribution in [1.29, 1.82) is 0 Å². The molecule has 0 aliphatic carbocycles. The first-order valence-electron chi connectivity index (χ1n) is 4.50. The van der Waals surface area contributed by atoms with Crippen LogP contribution in [0.25, 0.3) is 16.8 Å². The Kier molecular flexibility index (Phi) is 1.44. The number of nitrogens with zero attached hydrogens (tertiary/aromatic N) is 2. The molecule has 14 heavy (non-hydrogen) atoms. The second-order valence-corrected chi connectivity index (χ2v) is 3.19. The zero-order valence-electron chi connectivity index (χ0n) is 7.51. The summed E-state index contributed by atoms with van der Waals surface area (Å²) in [5.41, 5.74) is 3.28. The van der Waals surface area contributed by atoms with Crippen molar-refractivity contribution in [1.82, 2.24) is 14.4 Å². The number of fused-ring (bicyclic) bond motifs is 1. The Bertz CT molecular complexity index is 549. The van der Waals surface area contributed by atoms with Crippen LogP contribution in [0, 0.1) is 0 Å². The molecule has 0 unspecified atom stereocenters. The Labute approximate surface area is 81.0 Å². The summed E-state index contributed by atoms with van der Waals surface area (Å²) in [6.45, 7) is 0. The number of hydrogen-bond donors (Lipinski definition) is 1. The Morgan fingerprint density at radius 3 is 3.07 bits per heavy atom. The molecular weight excluding hydrogens is 174 g/mol. The van der Waals surface area contributed by atoms with E-state index in [-0.39, 0.29) is 0 Å². The molecule has 3 aromatic heterocycles. The number of imidazole rings is 1. The van der Waals surface area contributed by atoms with Gasteiger partial charge >= 0.3 is 0 Å². The van der Waals surface area contributed by atoms with Crippen LogP contribution in [0.1, 0.15) is 0 Å². The summed E-state index contributed by atoms with van der Waals surface area (Å²) in [5, 5.41) is 0. The molecule has 68 valence electrons. The number of hydrogen-bond acceptors (Lipinski definition) is 1. The lowest BCUT2D eigenvalue weighted by molar-refractivity contribution is 1.15. The van der Waals surface area contributed by atoms with Gasteiger partial charge in [-0.05, 0) is 18.2 Å². The van der Waals surface area contributed by atoms with Gasteiger partial charge in [-0.2, -0.15) is 0 Å². The predicted octanol–water partition coefficient (Wildman–Crippen LogP) is 2.33. The monoisotopic (exact) mass is 183 g/mol. The quantitative estimate of drug-likeness (QED) is 0.617. The average molecular weight is 183 g/mol. The number of aromatic nitrogens is 3. The van der Waals surface area contributed by atoms with Gasteiger partial charge in [0.05, 0.1) is 17.5 Å². The largest absolute Gasteiger partial charge is 0.367 e. The smallest absolute Gasteiger partial charge is 0.0999 e. The van der Waals surface area contributed by atoms with Crippen LogP contribution in [-0.2, 0) is 0 Å². The molecule has 3 aromatic rings. The molecule has 3 heteroatoms. The summed E-state index contributed by atoms with van der Waals surface area (Å²) in [4.78, 5) is 7.41. The third-order valence-corrected chi connectivity index (χ3v) is 2.32. The predicted molar refractivity (Wildman–Crippen MR) is 55.0 cm³/mol. The highest BCUT2D eigenvalue weighted by atomic mass is 15.0. The molecule has 1 N–H and O–H groups in total. The third-order valence-electron chi connectivity index (χ3n) is 2.32. The summed E-state index contributed by atoms with van der Waals surface area (Å²) < 4.78 is 2.02. The highest BCUT2D eigenvalue weighted by Gasteiger charge is 2.05. The van der Waals surface area contributed by atoms with E-state index >= 15 is 0 Å². The number of pyridine rings is 1. The number of H-pyrrole nitrogens is 1. The van der Waals surface area contributed by atoms with Crippen molar-refractivity contribution >= 4 is 5.52 Å². The van der Waals surface area contributed by atoms with Crippen LogP contribution >= 0.6 is 0 Å². The standard InChI is InChI=1S/C11H9N3/c1-2-6-14-8-13-11(10(14)3-1)9-4-5-12-7-9/h1-8,12H. The van der Waals surface area contributed by atoms with Crippen molar-refractivity contribution in [3.05, 3.63) is 49.2 Å². The molecule has 0 bridgehead atoms. The SMILES string of the molecule is c1ccn2cnc(-c3cc[nH]c3)c2c1. The minimum Gasteiger partial charge on any atom is -0.367 e. The van der Waals surface area contributed by atoms with Crippen molar-refractivity contribution in [3.8, 4) is 11.3 Å². The van der Waals surface area contributed by atoms with E-state index in [1.54, 1.807) is 0 Å². The first kappa shape index (κ1) is 7.38. The van der Waals surface area contributed by atoms with Gasteiger partial charge in [-0.25, -0.2) is 4.98 Å². The fraction of sp³-hybridized carbons (Fsp3) is 0. The van der Waals surface area contributed by atoms with E-state index in [9.17, 15) is 0 Å². The molecule has 0 fully saturated rings. The second-order valence-electron chi connectivity index (χ2n) is 3.19. The first-order chi connectivity index (χ1) is 6.95. The molecule has 0 aliphatic heterocycles. The molecular formula is C11H9N3. The van der Waals surface area contributed by atoms with Gasteiger partial charge in [-0.15, -0.1) is 0 Å². The van der Waals surface area contributed by atoms with Gasteiger partial charge in [-0.3, -0.25) is 0 Å². The van der Waals surface area contributed by atoms with Crippen LogP contribution < -0.4 is 0 Å². The Hall–Kier alpha value is -2.03. The fourth-order valence-electron chi connectivity index (χ4n) is 1.64. The molecule has 0 atom stereocenters. The van der Waals surface area contributed by atoms with E-state index in [1.807, 2.05) is 47.5 Å². The molecule has 0 amide bonds. The molecule has 3 nitrogen and oxygen atoms in total. The van der Waals surface area contributed by atoms with E-state index in [0.717, 1.165) is 16.8 Å². The van der Waals surface area contributed by atoms with Crippen molar-refractivity contribution in [2.24, 2.45) is 0 Å². The fourth-order valence-corrected chi connectivity index (χ4v) is 1.64. The van der Waals surface area contributed by atoms with Crippen LogP contribution in [-0.4, -0.2) is 14.4 Å². The van der Waals surface area contributed by atoms with E-state index in [1.165, 1.54) is 0 Å². The van der Waals surface area contributed by atoms with Gasteiger partial charge in [0.25, 0.3) is 0 Å². The summed E-state index contributed by atoms with van der Waals surface area (Å²) in [5.74, 6) is 0. The van der Waals surface area contributed by atoms with Crippen molar-refractivity contribution in [2.75, 3.05) is 0 Å². The van der Waals surface area contributed by atoms with Crippen molar-refractivity contribution < 1.29 is 0 Å². The minimum absolute atomic E-state index is 1.02. The van der Waals surface area contributed by atoms with E-state index < -0.39 is 0 Å². The molecule has 0 aromatic carbocycles. The lowest BCUT2D eigenvalue weighted by atomic mass is 10.2. The zero-order chi connectivity index (χ0) is 9.38. The maximum Gasteiger partial charge on any atom is 0.0999 e. The van der Waals surface area contributed by atoms with Crippen LogP contribution in [0.4, 0.5) is 0 Å². The topological polar surface area (TPSA) is 33.1 Å². The maximum atomic E-state index is 4.38.